The van der Waals surface area contributed by atoms with E-state index < -0.39 is 6.10 Å². The molecule has 0 spiro atoms. The number of nitrogens with one attached hydrogen (secondary N) is 1. The molecule has 2 rings (SSSR count). The molecule has 2 aromatic rings. The number of aliphatic hydroxyl groups is 1. The molecule has 4 N–H and O–H groups in total. The number of anilines is 2. The Bertz CT molecular complexity index is 577. The first-order valence-corrected chi connectivity index (χ1v) is 6.69. The van der Waals surface area contributed by atoms with Crippen LogP contribution in [0.25, 0.3) is 0 Å². The molecular formula is C14H19N5O2. The molecule has 0 radical (unpaired) electrons. The Morgan fingerprint density at radius 2 is 1.90 bits per heavy atom. The zero-order valence-electron chi connectivity index (χ0n) is 12.0. The van der Waals surface area contributed by atoms with Gasteiger partial charge in [-0.15, -0.1) is 0 Å². The summed E-state index contributed by atoms with van der Waals surface area (Å²) in [6.45, 7) is 3.99. The summed E-state index contributed by atoms with van der Waals surface area (Å²) in [5.41, 5.74) is 6.42. The molecule has 0 aliphatic heterocycles. The number of rotatable bonds is 6. The number of hydrogen-bond donors (Lipinski definition) is 3. The summed E-state index contributed by atoms with van der Waals surface area (Å²) >= 11 is 0. The normalized spacial score (nSPS) is 12.2. The van der Waals surface area contributed by atoms with Crippen LogP contribution in [0.3, 0.4) is 0 Å². The van der Waals surface area contributed by atoms with Crippen LogP contribution in [0.15, 0.2) is 30.3 Å². The van der Waals surface area contributed by atoms with Gasteiger partial charge in [-0.3, -0.25) is 0 Å². The highest BCUT2D eigenvalue weighted by atomic mass is 16.5. The minimum atomic E-state index is -0.668. The largest absolute Gasteiger partial charge is 0.461 e. The van der Waals surface area contributed by atoms with Crippen molar-refractivity contribution in [3.63, 3.8) is 0 Å². The van der Waals surface area contributed by atoms with Crippen molar-refractivity contribution in [2.24, 2.45) is 0 Å². The Balaban J connectivity index is 2.01. The van der Waals surface area contributed by atoms with Crippen LogP contribution in [-0.4, -0.2) is 32.7 Å². The number of nitrogens with two attached hydrogens (primary N) is 1. The van der Waals surface area contributed by atoms with Crippen LogP contribution in [0, 0.1) is 0 Å². The topological polar surface area (TPSA) is 106 Å². The Morgan fingerprint density at radius 1 is 1.19 bits per heavy atom. The average Bonchev–Trinajstić information content (AvgIpc) is 2.44. The molecule has 0 bridgehead atoms. The molecule has 0 amide bonds. The van der Waals surface area contributed by atoms with Gasteiger partial charge in [-0.2, -0.15) is 15.0 Å². The maximum atomic E-state index is 10.1. The van der Waals surface area contributed by atoms with Gasteiger partial charge in [-0.25, -0.2) is 0 Å². The van der Waals surface area contributed by atoms with Crippen LogP contribution in [0.2, 0.25) is 0 Å². The minimum absolute atomic E-state index is 0.0606. The van der Waals surface area contributed by atoms with E-state index in [2.05, 4.69) is 20.3 Å². The molecule has 1 atom stereocenters. The number of nitrogens with zero attached hydrogens (tertiary/aromatic N) is 3. The van der Waals surface area contributed by atoms with Crippen LogP contribution >= 0.6 is 0 Å². The van der Waals surface area contributed by atoms with Crippen molar-refractivity contribution < 1.29 is 9.84 Å². The number of benzene rings is 1. The minimum Gasteiger partial charge on any atom is -0.461 e. The molecule has 1 aromatic carbocycles. The van der Waals surface area contributed by atoms with Crippen molar-refractivity contribution >= 4 is 11.9 Å². The first kappa shape index (κ1) is 15.0. The fraction of sp³-hybridized carbons (Fsp3) is 0.357. The van der Waals surface area contributed by atoms with Crippen LogP contribution in [0.1, 0.15) is 25.5 Å². The van der Waals surface area contributed by atoms with Gasteiger partial charge in [0.05, 0.1) is 12.2 Å². The van der Waals surface area contributed by atoms with Crippen LogP contribution in [-0.2, 0) is 0 Å². The molecule has 112 valence electrons. The maximum absolute atomic E-state index is 10.1. The fourth-order valence-corrected chi connectivity index (χ4v) is 1.70. The molecule has 0 aliphatic carbocycles. The predicted molar refractivity (Wildman–Crippen MR) is 79.9 cm³/mol. The molecule has 1 unspecified atom stereocenters. The quantitative estimate of drug-likeness (QED) is 0.737. The van der Waals surface area contributed by atoms with Gasteiger partial charge in [0.1, 0.15) is 0 Å². The summed E-state index contributed by atoms with van der Waals surface area (Å²) < 4.78 is 5.38. The molecule has 21 heavy (non-hydrogen) atoms. The van der Waals surface area contributed by atoms with Gasteiger partial charge in [0.15, 0.2) is 0 Å². The Kier molecular flexibility index (Phi) is 4.89. The van der Waals surface area contributed by atoms with Crippen molar-refractivity contribution in [2.45, 2.75) is 26.1 Å². The van der Waals surface area contributed by atoms with Gasteiger partial charge in [0.2, 0.25) is 11.9 Å². The molecule has 0 fully saturated rings. The Morgan fingerprint density at radius 3 is 2.57 bits per heavy atom. The third-order valence-corrected chi connectivity index (χ3v) is 2.61. The molecule has 1 heterocycles. The molecule has 7 heteroatoms. The summed E-state index contributed by atoms with van der Waals surface area (Å²) in [6, 6.07) is 9.49. The van der Waals surface area contributed by atoms with Crippen molar-refractivity contribution in [1.82, 2.24) is 15.0 Å². The number of hydrogen-bond acceptors (Lipinski definition) is 7. The predicted octanol–water partition coefficient (Wildman–Crippen LogP) is 1.39. The standard InChI is InChI=1S/C14H19N5O2/c1-9(2)21-14-18-12(15)17-13(19-14)16-8-11(20)10-6-4-3-5-7-10/h3-7,9,11,20H,8H2,1-2H3,(H3,15,16,17,18,19). The second-order valence-electron chi connectivity index (χ2n) is 4.77. The lowest BCUT2D eigenvalue weighted by Crippen LogP contribution is -2.16. The van der Waals surface area contributed by atoms with Gasteiger partial charge in [-0.05, 0) is 19.4 Å². The molecule has 1 aromatic heterocycles. The van der Waals surface area contributed by atoms with E-state index in [1.165, 1.54) is 0 Å². The highest BCUT2D eigenvalue weighted by Gasteiger charge is 2.10. The molecule has 7 nitrogen and oxygen atoms in total. The zero-order chi connectivity index (χ0) is 15.2. The SMILES string of the molecule is CC(C)Oc1nc(N)nc(NCC(O)c2ccccc2)n1. The summed E-state index contributed by atoms with van der Waals surface area (Å²) in [4.78, 5) is 11.9. The van der Waals surface area contributed by atoms with Crippen molar-refractivity contribution in [1.29, 1.82) is 0 Å². The van der Waals surface area contributed by atoms with Gasteiger partial charge in [0, 0.05) is 6.54 Å². The van der Waals surface area contributed by atoms with Crippen molar-refractivity contribution in [2.75, 3.05) is 17.6 Å². The fourth-order valence-electron chi connectivity index (χ4n) is 1.70. The summed E-state index contributed by atoms with van der Waals surface area (Å²) in [5, 5.41) is 13.0. The van der Waals surface area contributed by atoms with Crippen LogP contribution in [0.5, 0.6) is 6.01 Å². The summed E-state index contributed by atoms with van der Waals surface area (Å²) in [6.07, 6.45) is -0.729. The van der Waals surface area contributed by atoms with E-state index >= 15 is 0 Å². The molecular weight excluding hydrogens is 270 g/mol. The first-order valence-electron chi connectivity index (χ1n) is 6.69. The van der Waals surface area contributed by atoms with Crippen molar-refractivity contribution in [3.05, 3.63) is 35.9 Å². The van der Waals surface area contributed by atoms with Crippen LogP contribution in [0.4, 0.5) is 11.9 Å². The van der Waals surface area contributed by atoms with E-state index in [0.717, 1.165) is 5.56 Å². The molecule has 0 saturated carbocycles. The Hall–Kier alpha value is -2.41. The van der Waals surface area contributed by atoms with Crippen LogP contribution < -0.4 is 15.8 Å². The second kappa shape index (κ2) is 6.85. The smallest absolute Gasteiger partial charge is 0.323 e. The van der Waals surface area contributed by atoms with Gasteiger partial charge >= 0.3 is 6.01 Å². The highest BCUT2D eigenvalue weighted by Crippen LogP contribution is 2.14. The number of nitrogen functional groups attached to an aromatic ring is 1. The number of aromatic nitrogens is 3. The van der Waals surface area contributed by atoms with E-state index in [0.29, 0.717) is 0 Å². The lowest BCUT2D eigenvalue weighted by Gasteiger charge is -2.13. The van der Waals surface area contributed by atoms with Gasteiger partial charge in [0.25, 0.3) is 0 Å². The van der Waals surface area contributed by atoms with E-state index in [1.54, 1.807) is 0 Å². The summed E-state index contributed by atoms with van der Waals surface area (Å²) in [5.74, 6) is 0.338. The lowest BCUT2D eigenvalue weighted by molar-refractivity contribution is 0.191. The maximum Gasteiger partial charge on any atom is 0.323 e. The lowest BCUT2D eigenvalue weighted by atomic mass is 10.1. The second-order valence-corrected chi connectivity index (χ2v) is 4.77. The average molecular weight is 289 g/mol. The number of ether oxygens (including phenoxy) is 1. The molecule has 0 aliphatic rings. The molecule has 0 saturated heterocycles. The van der Waals surface area contributed by atoms with Gasteiger partial charge in [-0.1, -0.05) is 30.3 Å². The highest BCUT2D eigenvalue weighted by molar-refractivity contribution is 5.33. The first-order chi connectivity index (χ1) is 10.0. The van der Waals surface area contributed by atoms with E-state index in [-0.39, 0.29) is 30.6 Å². The summed E-state index contributed by atoms with van der Waals surface area (Å²) in [7, 11) is 0. The Labute approximate surface area is 123 Å². The zero-order valence-corrected chi connectivity index (χ0v) is 12.0. The van der Waals surface area contributed by atoms with Crippen molar-refractivity contribution in [3.8, 4) is 6.01 Å². The third kappa shape index (κ3) is 4.57. The van der Waals surface area contributed by atoms with E-state index in [9.17, 15) is 5.11 Å². The third-order valence-electron chi connectivity index (χ3n) is 2.61. The number of aliphatic hydroxyl groups excluding tert-OH is 1. The van der Waals surface area contributed by atoms with E-state index in [4.69, 9.17) is 10.5 Å². The van der Waals surface area contributed by atoms with Gasteiger partial charge < -0.3 is 20.9 Å². The van der Waals surface area contributed by atoms with E-state index in [1.807, 2.05) is 44.2 Å². The monoisotopic (exact) mass is 289 g/mol.